The molecule has 0 fully saturated rings. The normalized spacial score (nSPS) is 12.2. The van der Waals surface area contributed by atoms with Crippen molar-refractivity contribution in [2.24, 2.45) is 0 Å². The molecule has 0 aliphatic heterocycles. The highest BCUT2D eigenvalue weighted by Crippen LogP contribution is 2.15. The van der Waals surface area contributed by atoms with Crippen molar-refractivity contribution in [2.45, 2.75) is 6.10 Å². The summed E-state index contributed by atoms with van der Waals surface area (Å²) in [6, 6.07) is 16.2. The first kappa shape index (κ1) is 16.2. The monoisotopic (exact) mass is 300 g/mol. The number of quaternary nitrogens is 1. The number of nitrogens with one attached hydrogen (secondary N) is 1. The molecule has 2 rings (SSSR count). The van der Waals surface area contributed by atoms with Crippen molar-refractivity contribution >= 4 is 5.78 Å². The first-order valence-corrected chi connectivity index (χ1v) is 7.36. The number of aliphatic hydroxyl groups excluding tert-OH is 1. The maximum atomic E-state index is 12.3. The number of likely N-dealkylation sites (N-methyl/N-ethyl adjacent to an activating group) is 1. The SMILES string of the molecule is C[NH+](C)CC(O)COc1ccc(C(=O)c2ccccc2)cc1. The van der Waals surface area contributed by atoms with Crippen LogP contribution in [0, 0.1) is 0 Å². The maximum absolute atomic E-state index is 12.3. The molecule has 2 N–H and O–H groups in total. The molecule has 22 heavy (non-hydrogen) atoms. The molecule has 1 unspecified atom stereocenters. The van der Waals surface area contributed by atoms with Gasteiger partial charge in [0.05, 0.1) is 14.1 Å². The fourth-order valence-electron chi connectivity index (χ4n) is 2.18. The molecule has 0 aliphatic rings. The number of ether oxygens (including phenoxy) is 1. The van der Waals surface area contributed by atoms with Gasteiger partial charge in [-0.05, 0) is 24.3 Å². The van der Waals surface area contributed by atoms with Gasteiger partial charge in [0.15, 0.2) is 5.78 Å². The lowest BCUT2D eigenvalue weighted by atomic mass is 10.0. The summed E-state index contributed by atoms with van der Waals surface area (Å²) in [5.41, 5.74) is 1.29. The molecule has 2 aromatic carbocycles. The van der Waals surface area contributed by atoms with Gasteiger partial charge < -0.3 is 14.7 Å². The molecule has 0 aromatic heterocycles. The number of rotatable bonds is 7. The first-order chi connectivity index (χ1) is 10.6. The van der Waals surface area contributed by atoms with Crippen molar-refractivity contribution in [1.29, 1.82) is 0 Å². The average molecular weight is 300 g/mol. The zero-order chi connectivity index (χ0) is 15.9. The summed E-state index contributed by atoms with van der Waals surface area (Å²) in [6.45, 7) is 0.877. The number of hydrogen-bond donors (Lipinski definition) is 2. The van der Waals surface area contributed by atoms with Gasteiger partial charge in [-0.2, -0.15) is 0 Å². The molecular weight excluding hydrogens is 278 g/mol. The summed E-state index contributed by atoms with van der Waals surface area (Å²) in [4.78, 5) is 13.4. The van der Waals surface area contributed by atoms with E-state index in [9.17, 15) is 9.90 Å². The molecular formula is C18H22NO3+. The van der Waals surface area contributed by atoms with Crippen LogP contribution in [0.5, 0.6) is 5.75 Å². The van der Waals surface area contributed by atoms with Crippen LogP contribution >= 0.6 is 0 Å². The molecule has 0 saturated carbocycles. The van der Waals surface area contributed by atoms with Crippen molar-refractivity contribution in [3.8, 4) is 5.75 Å². The van der Waals surface area contributed by atoms with E-state index in [4.69, 9.17) is 4.74 Å². The van der Waals surface area contributed by atoms with Gasteiger partial charge in [-0.3, -0.25) is 4.79 Å². The standard InChI is InChI=1S/C18H21NO3/c1-19(2)12-16(20)13-22-17-10-8-15(9-11-17)18(21)14-6-4-3-5-7-14/h3-11,16,20H,12-13H2,1-2H3/p+1. The van der Waals surface area contributed by atoms with E-state index >= 15 is 0 Å². The number of aliphatic hydroxyl groups is 1. The Kier molecular flexibility index (Phi) is 5.69. The number of hydrogen-bond acceptors (Lipinski definition) is 3. The Morgan fingerprint density at radius 3 is 2.23 bits per heavy atom. The molecule has 0 radical (unpaired) electrons. The van der Waals surface area contributed by atoms with Crippen molar-refractivity contribution < 1.29 is 19.5 Å². The summed E-state index contributed by atoms with van der Waals surface area (Å²) < 4.78 is 5.53. The minimum atomic E-state index is -0.504. The van der Waals surface area contributed by atoms with Crippen LogP contribution in [0.1, 0.15) is 15.9 Å². The first-order valence-electron chi connectivity index (χ1n) is 7.36. The van der Waals surface area contributed by atoms with Crippen LogP contribution in [0.3, 0.4) is 0 Å². The molecule has 0 heterocycles. The molecule has 4 heteroatoms. The molecule has 1 atom stereocenters. The van der Waals surface area contributed by atoms with Crippen molar-refractivity contribution in [1.82, 2.24) is 0 Å². The third-order valence-corrected chi connectivity index (χ3v) is 3.24. The Morgan fingerprint density at radius 1 is 1.05 bits per heavy atom. The van der Waals surface area contributed by atoms with Crippen LogP contribution in [0.15, 0.2) is 54.6 Å². The lowest BCUT2D eigenvalue weighted by Crippen LogP contribution is -3.07. The highest BCUT2D eigenvalue weighted by atomic mass is 16.5. The van der Waals surface area contributed by atoms with E-state index in [-0.39, 0.29) is 12.4 Å². The van der Waals surface area contributed by atoms with Gasteiger partial charge in [-0.25, -0.2) is 0 Å². The minimum Gasteiger partial charge on any atom is -0.491 e. The van der Waals surface area contributed by atoms with E-state index in [0.29, 0.717) is 23.4 Å². The molecule has 0 saturated heterocycles. The Hall–Kier alpha value is -2.17. The van der Waals surface area contributed by atoms with Crippen molar-refractivity contribution in [2.75, 3.05) is 27.2 Å². The van der Waals surface area contributed by atoms with Crippen LogP contribution in [-0.2, 0) is 0 Å². The van der Waals surface area contributed by atoms with E-state index < -0.39 is 6.10 Å². The maximum Gasteiger partial charge on any atom is 0.193 e. The number of carbonyl (C=O) groups excluding carboxylic acids is 1. The van der Waals surface area contributed by atoms with Crippen LogP contribution < -0.4 is 9.64 Å². The topological polar surface area (TPSA) is 51.0 Å². The fraction of sp³-hybridized carbons (Fsp3) is 0.278. The minimum absolute atomic E-state index is 0.0107. The van der Waals surface area contributed by atoms with E-state index in [1.54, 1.807) is 36.4 Å². The van der Waals surface area contributed by atoms with Gasteiger partial charge in [-0.15, -0.1) is 0 Å². The highest BCUT2D eigenvalue weighted by molar-refractivity contribution is 6.08. The van der Waals surface area contributed by atoms with Gasteiger partial charge >= 0.3 is 0 Å². The van der Waals surface area contributed by atoms with Crippen molar-refractivity contribution in [3.05, 3.63) is 65.7 Å². The summed E-state index contributed by atoms with van der Waals surface area (Å²) in [7, 11) is 3.96. The van der Waals surface area contributed by atoms with E-state index in [1.807, 2.05) is 32.3 Å². The van der Waals surface area contributed by atoms with Crippen LogP contribution in [0.2, 0.25) is 0 Å². The summed E-state index contributed by atoms with van der Waals surface area (Å²) in [6.07, 6.45) is -0.504. The smallest absolute Gasteiger partial charge is 0.193 e. The van der Waals surface area contributed by atoms with E-state index in [2.05, 4.69) is 0 Å². The number of ketones is 1. The van der Waals surface area contributed by atoms with E-state index in [0.717, 1.165) is 0 Å². The van der Waals surface area contributed by atoms with Crippen LogP contribution in [-0.4, -0.2) is 44.2 Å². The second-order valence-electron chi connectivity index (χ2n) is 5.60. The fourth-order valence-corrected chi connectivity index (χ4v) is 2.18. The average Bonchev–Trinajstić information content (AvgIpc) is 2.53. The van der Waals surface area contributed by atoms with Gasteiger partial charge in [0.1, 0.15) is 25.0 Å². The zero-order valence-electron chi connectivity index (χ0n) is 13.0. The summed E-state index contributed by atoms with van der Waals surface area (Å²) in [5.74, 6) is 0.640. The molecule has 0 amide bonds. The molecule has 0 bridgehead atoms. The Bertz CT molecular complexity index is 593. The van der Waals surface area contributed by atoms with E-state index in [1.165, 1.54) is 4.90 Å². The largest absolute Gasteiger partial charge is 0.491 e. The second kappa shape index (κ2) is 7.73. The number of carbonyl (C=O) groups is 1. The Labute approximate surface area is 131 Å². The van der Waals surface area contributed by atoms with Crippen LogP contribution in [0.4, 0.5) is 0 Å². The predicted molar refractivity (Wildman–Crippen MR) is 85.5 cm³/mol. The Balaban J connectivity index is 1.94. The Morgan fingerprint density at radius 2 is 1.64 bits per heavy atom. The zero-order valence-corrected chi connectivity index (χ0v) is 13.0. The van der Waals surface area contributed by atoms with Crippen molar-refractivity contribution in [3.63, 3.8) is 0 Å². The summed E-state index contributed by atoms with van der Waals surface area (Å²) >= 11 is 0. The molecule has 0 aliphatic carbocycles. The van der Waals surface area contributed by atoms with Gasteiger partial charge in [0.25, 0.3) is 0 Å². The van der Waals surface area contributed by atoms with Gasteiger partial charge in [-0.1, -0.05) is 30.3 Å². The molecule has 2 aromatic rings. The molecule has 0 spiro atoms. The van der Waals surface area contributed by atoms with Crippen LogP contribution in [0.25, 0.3) is 0 Å². The lowest BCUT2D eigenvalue weighted by molar-refractivity contribution is -0.861. The molecule has 116 valence electrons. The summed E-state index contributed by atoms with van der Waals surface area (Å²) in [5, 5.41) is 9.77. The second-order valence-corrected chi connectivity index (χ2v) is 5.60. The quantitative estimate of drug-likeness (QED) is 0.744. The third-order valence-electron chi connectivity index (χ3n) is 3.24. The predicted octanol–water partition coefficient (Wildman–Crippen LogP) is 0.802. The van der Waals surface area contributed by atoms with Gasteiger partial charge in [0.2, 0.25) is 0 Å². The molecule has 4 nitrogen and oxygen atoms in total. The highest BCUT2D eigenvalue weighted by Gasteiger charge is 2.11. The number of benzene rings is 2. The lowest BCUT2D eigenvalue weighted by Gasteiger charge is -2.14. The third kappa shape index (κ3) is 4.69. The van der Waals surface area contributed by atoms with Gasteiger partial charge in [0, 0.05) is 11.1 Å².